The monoisotopic (exact) mass is 261 g/mol. The first-order chi connectivity index (χ1) is 8.41. The van der Waals surface area contributed by atoms with Crippen molar-refractivity contribution in [3.8, 4) is 0 Å². The van der Waals surface area contributed by atoms with Crippen LogP contribution in [0.15, 0.2) is 0 Å². The molecule has 18 heavy (non-hydrogen) atoms. The average molecular weight is 261 g/mol. The lowest BCUT2D eigenvalue weighted by atomic mass is 10.1. The molecule has 0 fully saturated rings. The third-order valence-electron chi connectivity index (χ3n) is 3.35. The van der Waals surface area contributed by atoms with Gasteiger partial charge in [0, 0.05) is 0 Å². The van der Waals surface area contributed by atoms with Crippen molar-refractivity contribution in [2.24, 2.45) is 0 Å². The average Bonchev–Trinajstić information content (AvgIpc) is 2.35. The van der Waals surface area contributed by atoms with Crippen LogP contribution < -0.4 is 5.32 Å². The minimum Gasteiger partial charge on any atom is -0.870 e. The summed E-state index contributed by atoms with van der Waals surface area (Å²) < 4.78 is 0. The molecule has 3 heteroatoms. The summed E-state index contributed by atoms with van der Waals surface area (Å²) in [6.07, 6.45) is 15.5. The van der Waals surface area contributed by atoms with Gasteiger partial charge in [0.05, 0.1) is 19.7 Å². The fourth-order valence-electron chi connectivity index (χ4n) is 2.19. The number of hydrogen-bond donors (Lipinski definition) is 2. The highest BCUT2D eigenvalue weighted by Crippen LogP contribution is 2.10. The Labute approximate surface area is 114 Å². The minimum absolute atomic E-state index is 0. The number of aliphatic hydroxyl groups excluding tert-OH is 1. The fourth-order valence-corrected chi connectivity index (χ4v) is 2.19. The van der Waals surface area contributed by atoms with Crippen molar-refractivity contribution in [1.82, 2.24) is 0 Å². The molecule has 0 aromatic rings. The zero-order valence-corrected chi connectivity index (χ0v) is 12.4. The molecule has 0 atom stereocenters. The second-order valence-electron chi connectivity index (χ2n) is 5.13. The predicted molar refractivity (Wildman–Crippen MR) is 77.1 cm³/mol. The molecule has 0 aromatic carbocycles. The van der Waals surface area contributed by atoms with Gasteiger partial charge in [0.2, 0.25) is 0 Å². The van der Waals surface area contributed by atoms with Crippen molar-refractivity contribution >= 4 is 0 Å². The molecule has 0 aliphatic rings. The van der Waals surface area contributed by atoms with E-state index in [4.69, 9.17) is 5.11 Å². The fraction of sp³-hybridized carbons (Fsp3) is 1.00. The summed E-state index contributed by atoms with van der Waals surface area (Å²) in [5, 5.41) is 10.8. The molecule has 0 aliphatic heterocycles. The summed E-state index contributed by atoms with van der Waals surface area (Å²) >= 11 is 0. The molecule has 112 valence electrons. The Morgan fingerprint density at radius 3 is 1.56 bits per heavy atom. The molecule has 0 saturated carbocycles. The zero-order chi connectivity index (χ0) is 12.6. The van der Waals surface area contributed by atoms with E-state index in [-0.39, 0.29) is 5.48 Å². The van der Waals surface area contributed by atoms with E-state index >= 15 is 0 Å². The molecule has 0 rings (SSSR count). The van der Waals surface area contributed by atoms with E-state index in [1.165, 1.54) is 77.2 Å². The van der Waals surface area contributed by atoms with E-state index in [0.717, 1.165) is 6.54 Å². The van der Waals surface area contributed by atoms with E-state index < -0.39 is 0 Å². The van der Waals surface area contributed by atoms with Gasteiger partial charge in [-0.1, -0.05) is 64.7 Å². The number of unbranched alkanes of at least 4 members (excludes halogenated alkanes) is 10. The Morgan fingerprint density at radius 2 is 1.11 bits per heavy atom. The highest BCUT2D eigenvalue weighted by molar-refractivity contribution is 4.47. The Kier molecular flexibility index (Phi) is 21.6. The molecule has 0 amide bonds. The van der Waals surface area contributed by atoms with Gasteiger partial charge in [0.1, 0.15) is 0 Å². The molecule has 0 radical (unpaired) electrons. The molecule has 0 heterocycles. The summed E-state index contributed by atoms with van der Waals surface area (Å²) in [5.74, 6) is 0. The van der Waals surface area contributed by atoms with Crippen LogP contribution in [0, 0.1) is 0 Å². The standard InChI is InChI=1S/C15H33NO.H2O/c1-2-3-4-5-6-7-8-9-10-11-12-13-16-14-15-17;/h16-17H,2-15H2,1H3;1H2. The van der Waals surface area contributed by atoms with Gasteiger partial charge in [-0.15, -0.1) is 0 Å². The SMILES string of the molecule is CCCCCCCCCCCCC[NH2+]CCO.[OH-]. The van der Waals surface area contributed by atoms with Gasteiger partial charge < -0.3 is 15.9 Å². The second-order valence-corrected chi connectivity index (χ2v) is 5.13. The third kappa shape index (κ3) is 18.3. The summed E-state index contributed by atoms with van der Waals surface area (Å²) in [5.41, 5.74) is 0. The van der Waals surface area contributed by atoms with Gasteiger partial charge in [-0.3, -0.25) is 0 Å². The minimum atomic E-state index is 0. The summed E-state index contributed by atoms with van der Waals surface area (Å²) in [6, 6.07) is 0. The van der Waals surface area contributed by atoms with Crippen molar-refractivity contribution in [1.29, 1.82) is 0 Å². The summed E-state index contributed by atoms with van der Waals surface area (Å²) in [4.78, 5) is 0. The molecule has 0 saturated heterocycles. The van der Waals surface area contributed by atoms with Crippen molar-refractivity contribution in [2.75, 3.05) is 19.7 Å². The number of quaternary nitrogens is 1. The van der Waals surface area contributed by atoms with Crippen LogP contribution in [0.5, 0.6) is 0 Å². The lowest BCUT2D eigenvalue weighted by Gasteiger charge is -2.02. The van der Waals surface area contributed by atoms with E-state index in [9.17, 15) is 0 Å². The number of aliphatic hydroxyl groups is 1. The van der Waals surface area contributed by atoms with Crippen LogP contribution in [0.2, 0.25) is 0 Å². The Morgan fingerprint density at radius 1 is 0.667 bits per heavy atom. The molecule has 0 aliphatic carbocycles. The largest absolute Gasteiger partial charge is 0.870 e. The van der Waals surface area contributed by atoms with E-state index in [1.807, 2.05) is 0 Å². The molecule has 0 spiro atoms. The van der Waals surface area contributed by atoms with E-state index in [2.05, 4.69) is 12.2 Å². The van der Waals surface area contributed by atoms with Crippen LogP contribution in [0.3, 0.4) is 0 Å². The van der Waals surface area contributed by atoms with E-state index in [1.54, 1.807) is 0 Å². The maximum Gasteiger partial charge on any atom is 0.0990 e. The summed E-state index contributed by atoms with van der Waals surface area (Å²) in [7, 11) is 0. The van der Waals surface area contributed by atoms with Crippen LogP contribution >= 0.6 is 0 Å². The zero-order valence-electron chi connectivity index (χ0n) is 12.4. The first-order valence-electron chi connectivity index (χ1n) is 7.84. The van der Waals surface area contributed by atoms with Gasteiger partial charge >= 0.3 is 0 Å². The topological polar surface area (TPSA) is 66.8 Å². The maximum atomic E-state index is 8.61. The smallest absolute Gasteiger partial charge is 0.0990 e. The first kappa shape index (κ1) is 20.2. The van der Waals surface area contributed by atoms with E-state index in [0.29, 0.717) is 6.61 Å². The predicted octanol–water partition coefficient (Wildman–Crippen LogP) is 2.68. The quantitative estimate of drug-likeness (QED) is 0.472. The first-order valence-corrected chi connectivity index (χ1v) is 7.84. The number of hydrogen-bond acceptors (Lipinski definition) is 2. The highest BCUT2D eigenvalue weighted by Gasteiger charge is 1.94. The van der Waals surface area contributed by atoms with Crippen LogP contribution in [0.25, 0.3) is 0 Å². The molecule has 4 N–H and O–H groups in total. The number of rotatable bonds is 14. The molecule has 0 unspecified atom stereocenters. The molecule has 0 aromatic heterocycles. The van der Waals surface area contributed by atoms with Crippen molar-refractivity contribution in [3.05, 3.63) is 0 Å². The Balaban J connectivity index is 0. The van der Waals surface area contributed by atoms with Crippen molar-refractivity contribution in [3.63, 3.8) is 0 Å². The molecule has 0 bridgehead atoms. The normalized spacial score (nSPS) is 10.3. The van der Waals surface area contributed by atoms with Gasteiger partial charge in [0.25, 0.3) is 0 Å². The van der Waals surface area contributed by atoms with Gasteiger partial charge in [0.15, 0.2) is 0 Å². The molecular weight excluding hydrogens is 226 g/mol. The Hall–Kier alpha value is -0.120. The maximum absolute atomic E-state index is 8.61. The lowest BCUT2D eigenvalue weighted by molar-refractivity contribution is -0.656. The lowest BCUT2D eigenvalue weighted by Crippen LogP contribution is -2.85. The Bertz CT molecular complexity index is 118. The van der Waals surface area contributed by atoms with Crippen LogP contribution in [0.1, 0.15) is 77.6 Å². The van der Waals surface area contributed by atoms with Crippen LogP contribution in [0.4, 0.5) is 0 Å². The van der Waals surface area contributed by atoms with Crippen LogP contribution in [-0.4, -0.2) is 30.3 Å². The molecule has 3 nitrogen and oxygen atoms in total. The molecular formula is C15H35NO2. The highest BCUT2D eigenvalue weighted by atomic mass is 16.3. The summed E-state index contributed by atoms with van der Waals surface area (Å²) in [6.45, 7) is 4.66. The van der Waals surface area contributed by atoms with Crippen molar-refractivity contribution < 1.29 is 15.9 Å². The van der Waals surface area contributed by atoms with Gasteiger partial charge in [-0.05, 0) is 12.8 Å². The van der Waals surface area contributed by atoms with Crippen LogP contribution in [-0.2, 0) is 0 Å². The second kappa shape index (κ2) is 19.2. The van der Waals surface area contributed by atoms with Crippen molar-refractivity contribution in [2.45, 2.75) is 77.6 Å². The van der Waals surface area contributed by atoms with Gasteiger partial charge in [-0.2, -0.15) is 0 Å². The number of nitrogens with two attached hydrogens (primary N) is 1. The van der Waals surface area contributed by atoms with Gasteiger partial charge in [-0.25, -0.2) is 0 Å². The third-order valence-corrected chi connectivity index (χ3v) is 3.35.